The van der Waals surface area contributed by atoms with Gasteiger partial charge in [-0.2, -0.15) is 0 Å². The van der Waals surface area contributed by atoms with Gasteiger partial charge in [0.15, 0.2) is 5.76 Å². The number of fused-ring (bicyclic) bond motifs is 3. The molecule has 0 saturated heterocycles. The first-order valence-electron chi connectivity index (χ1n) is 9.83. The molecule has 2 aliphatic rings. The smallest absolute Gasteiger partial charge is 0.232 e. The molecule has 0 aliphatic carbocycles. The summed E-state index contributed by atoms with van der Waals surface area (Å²) in [4.78, 5) is 15.1. The normalized spacial score (nSPS) is 16.9. The van der Waals surface area contributed by atoms with Crippen LogP contribution >= 0.6 is 11.6 Å². The summed E-state index contributed by atoms with van der Waals surface area (Å²) in [6.07, 6.45) is 4.01. The van der Waals surface area contributed by atoms with Crippen LogP contribution < -0.4 is 9.47 Å². The fourth-order valence-electron chi connectivity index (χ4n) is 3.90. The van der Waals surface area contributed by atoms with E-state index in [1.165, 1.54) is 0 Å². The van der Waals surface area contributed by atoms with Gasteiger partial charge in [0, 0.05) is 24.2 Å². The Morgan fingerprint density at radius 3 is 2.87 bits per heavy atom. The molecule has 0 fully saturated rings. The monoisotopic (exact) mass is 421 g/mol. The molecule has 5 rings (SSSR count). The minimum atomic E-state index is -0.130. The molecular weight excluding hydrogens is 402 g/mol. The van der Waals surface area contributed by atoms with Gasteiger partial charge in [0.2, 0.25) is 5.78 Å². The van der Waals surface area contributed by atoms with E-state index < -0.39 is 0 Å². The highest BCUT2D eigenvalue weighted by Gasteiger charge is 2.35. The molecule has 0 spiro atoms. The molecule has 0 atom stereocenters. The van der Waals surface area contributed by atoms with Crippen molar-refractivity contribution in [2.24, 2.45) is 0 Å². The second-order valence-electron chi connectivity index (χ2n) is 7.50. The summed E-state index contributed by atoms with van der Waals surface area (Å²) in [5.74, 6) is 2.08. The number of allylic oxidation sites excluding steroid dienone is 1. The average molecular weight is 422 g/mol. The first kappa shape index (κ1) is 19.0. The average Bonchev–Trinajstić information content (AvgIpc) is 3.37. The van der Waals surface area contributed by atoms with E-state index in [9.17, 15) is 4.79 Å². The zero-order valence-electron chi connectivity index (χ0n) is 16.5. The molecule has 0 bridgehead atoms. The maximum absolute atomic E-state index is 13.0. The van der Waals surface area contributed by atoms with Gasteiger partial charge in [-0.25, -0.2) is 0 Å². The molecule has 3 aromatic rings. The number of benzene rings is 2. The van der Waals surface area contributed by atoms with E-state index in [1.807, 2.05) is 37.3 Å². The number of hydrogen-bond acceptors (Lipinski definition) is 5. The SMILES string of the molecule is Cc1cc2c(c3c1C(=O)/C(=C/c1ccco1)O3)CN(CCc1ccccc1Cl)CO2. The van der Waals surface area contributed by atoms with Crippen LogP contribution in [0, 0.1) is 6.92 Å². The first-order valence-corrected chi connectivity index (χ1v) is 10.2. The second kappa shape index (κ2) is 7.67. The molecule has 1 aromatic heterocycles. The Kier molecular flexibility index (Phi) is 4.85. The van der Waals surface area contributed by atoms with Crippen molar-refractivity contribution in [3.63, 3.8) is 0 Å². The zero-order chi connectivity index (χ0) is 20.7. The number of rotatable bonds is 4. The first-order chi connectivity index (χ1) is 14.6. The molecule has 152 valence electrons. The van der Waals surface area contributed by atoms with Gasteiger partial charge in [0.05, 0.1) is 17.4 Å². The van der Waals surface area contributed by atoms with Crippen LogP contribution in [0.4, 0.5) is 0 Å². The Balaban J connectivity index is 1.41. The van der Waals surface area contributed by atoms with Crippen molar-refractivity contribution in [1.29, 1.82) is 0 Å². The van der Waals surface area contributed by atoms with Crippen LogP contribution in [-0.4, -0.2) is 24.0 Å². The van der Waals surface area contributed by atoms with Crippen molar-refractivity contribution in [2.75, 3.05) is 13.3 Å². The number of nitrogens with zero attached hydrogens (tertiary/aromatic N) is 1. The molecule has 6 heteroatoms. The van der Waals surface area contributed by atoms with Gasteiger partial charge in [-0.1, -0.05) is 29.8 Å². The maximum Gasteiger partial charge on any atom is 0.232 e. The molecule has 2 aromatic carbocycles. The molecule has 2 aliphatic heterocycles. The second-order valence-corrected chi connectivity index (χ2v) is 7.90. The predicted molar refractivity (Wildman–Crippen MR) is 114 cm³/mol. The van der Waals surface area contributed by atoms with E-state index >= 15 is 0 Å². The lowest BCUT2D eigenvalue weighted by Gasteiger charge is -2.30. The third kappa shape index (κ3) is 3.40. The summed E-state index contributed by atoms with van der Waals surface area (Å²) in [5, 5.41) is 0.772. The number of furan rings is 1. The highest BCUT2D eigenvalue weighted by atomic mass is 35.5. The van der Waals surface area contributed by atoms with E-state index in [2.05, 4.69) is 4.90 Å². The van der Waals surface area contributed by atoms with E-state index in [0.717, 1.165) is 40.4 Å². The minimum Gasteiger partial charge on any atom is -0.478 e. The molecule has 0 unspecified atom stereocenters. The number of Topliss-reactive ketones (excluding diaryl/α,β-unsaturated/α-hetero) is 1. The van der Waals surface area contributed by atoms with E-state index in [4.69, 9.17) is 25.5 Å². The highest BCUT2D eigenvalue weighted by Crippen LogP contribution is 2.44. The van der Waals surface area contributed by atoms with Crippen LogP contribution in [0.2, 0.25) is 5.02 Å². The zero-order valence-corrected chi connectivity index (χ0v) is 17.2. The van der Waals surface area contributed by atoms with Gasteiger partial charge < -0.3 is 13.9 Å². The van der Waals surface area contributed by atoms with Crippen molar-refractivity contribution >= 4 is 23.5 Å². The molecule has 30 heavy (non-hydrogen) atoms. The molecule has 0 saturated carbocycles. The van der Waals surface area contributed by atoms with Gasteiger partial charge in [0.25, 0.3) is 0 Å². The van der Waals surface area contributed by atoms with Crippen LogP contribution in [0.5, 0.6) is 11.5 Å². The van der Waals surface area contributed by atoms with E-state index in [0.29, 0.717) is 30.3 Å². The number of aryl methyl sites for hydroxylation is 1. The maximum atomic E-state index is 13.0. The quantitative estimate of drug-likeness (QED) is 0.538. The van der Waals surface area contributed by atoms with Gasteiger partial charge in [-0.05, 0) is 48.7 Å². The number of carbonyl (C=O) groups excluding carboxylic acids is 1. The van der Waals surface area contributed by atoms with Crippen LogP contribution in [-0.2, 0) is 13.0 Å². The summed E-state index contributed by atoms with van der Waals surface area (Å²) in [5.41, 5.74) is 3.45. The molecule has 5 nitrogen and oxygen atoms in total. The third-order valence-electron chi connectivity index (χ3n) is 5.46. The van der Waals surface area contributed by atoms with Crippen LogP contribution in [0.15, 0.2) is 58.9 Å². The fourth-order valence-corrected chi connectivity index (χ4v) is 4.13. The van der Waals surface area contributed by atoms with Crippen molar-refractivity contribution in [2.45, 2.75) is 19.9 Å². The Labute approximate surface area is 179 Å². The van der Waals surface area contributed by atoms with Gasteiger partial charge in [0.1, 0.15) is 24.0 Å². The summed E-state index contributed by atoms with van der Waals surface area (Å²) >= 11 is 6.29. The lowest BCUT2D eigenvalue weighted by Crippen LogP contribution is -2.34. The predicted octanol–water partition coefficient (Wildman–Crippen LogP) is 5.25. The number of ketones is 1. The Bertz CT molecular complexity index is 1150. The number of halogens is 1. The number of ether oxygens (including phenoxy) is 2. The van der Waals surface area contributed by atoms with Crippen LogP contribution in [0.3, 0.4) is 0 Å². The summed E-state index contributed by atoms with van der Waals surface area (Å²) in [7, 11) is 0. The van der Waals surface area contributed by atoms with Crippen molar-refractivity contribution in [3.8, 4) is 11.5 Å². The topological polar surface area (TPSA) is 51.9 Å². The Morgan fingerprint density at radius 2 is 2.07 bits per heavy atom. The van der Waals surface area contributed by atoms with Crippen LogP contribution in [0.25, 0.3) is 6.08 Å². The van der Waals surface area contributed by atoms with Crippen molar-refractivity contribution in [1.82, 2.24) is 4.90 Å². The lowest BCUT2D eigenvalue weighted by molar-refractivity contribution is 0.0949. The Morgan fingerprint density at radius 1 is 1.20 bits per heavy atom. The van der Waals surface area contributed by atoms with Crippen LogP contribution in [0.1, 0.15) is 32.8 Å². The molecule has 0 amide bonds. The Hall–Kier alpha value is -3.02. The van der Waals surface area contributed by atoms with Gasteiger partial charge >= 0.3 is 0 Å². The lowest BCUT2D eigenvalue weighted by atomic mass is 9.98. The summed E-state index contributed by atoms with van der Waals surface area (Å²) < 4.78 is 17.4. The number of carbonyl (C=O) groups is 1. The van der Waals surface area contributed by atoms with Crippen molar-refractivity contribution in [3.05, 3.63) is 87.5 Å². The fraction of sp³-hybridized carbons (Fsp3) is 0.208. The van der Waals surface area contributed by atoms with Crippen molar-refractivity contribution < 1.29 is 18.7 Å². The molecule has 0 N–H and O–H groups in total. The van der Waals surface area contributed by atoms with E-state index in [1.54, 1.807) is 24.5 Å². The van der Waals surface area contributed by atoms with Gasteiger partial charge in [-0.3, -0.25) is 9.69 Å². The standard InChI is InChI=1S/C24H20ClNO4/c1-15-11-20-18(13-26(14-29-20)9-8-16-5-2-3-7-19(16)25)24-22(15)23(27)21(30-24)12-17-6-4-10-28-17/h2-7,10-12H,8-9,13-14H2,1H3/b21-12-. The third-order valence-corrected chi connectivity index (χ3v) is 5.83. The molecule has 0 radical (unpaired) electrons. The minimum absolute atomic E-state index is 0.130. The number of hydrogen-bond donors (Lipinski definition) is 0. The highest BCUT2D eigenvalue weighted by molar-refractivity contribution is 6.31. The van der Waals surface area contributed by atoms with E-state index in [-0.39, 0.29) is 11.5 Å². The summed E-state index contributed by atoms with van der Waals surface area (Å²) in [6.45, 7) is 3.82. The summed E-state index contributed by atoms with van der Waals surface area (Å²) in [6, 6.07) is 13.4. The van der Waals surface area contributed by atoms with Gasteiger partial charge in [-0.15, -0.1) is 0 Å². The largest absolute Gasteiger partial charge is 0.478 e. The molecular formula is C24H20ClNO4. The molecule has 3 heterocycles.